The Kier molecular flexibility index (Phi) is 3.16. The summed E-state index contributed by atoms with van der Waals surface area (Å²) >= 11 is 0. The summed E-state index contributed by atoms with van der Waals surface area (Å²) in [5.41, 5.74) is 0.664. The van der Waals surface area contributed by atoms with E-state index in [2.05, 4.69) is 61.6 Å². The molecule has 1 aliphatic rings. The van der Waals surface area contributed by atoms with Crippen LogP contribution < -0.4 is 5.30 Å². The third-order valence-corrected chi connectivity index (χ3v) is 5.22. The fraction of sp³-hybridized carbons (Fsp3) is 0.231. The minimum absolute atomic E-state index is 0.0283. The Hall–Kier alpha value is -0.870. The Morgan fingerprint density at radius 3 is 2.29 bits per heavy atom. The summed E-state index contributed by atoms with van der Waals surface area (Å²) in [5.74, 6) is 0. The first-order valence-corrected chi connectivity index (χ1v) is 6.68. The molecule has 0 N–H and O–H groups in total. The Bertz CT molecular complexity index is 326. The van der Waals surface area contributed by atoms with Crippen LogP contribution in [0.15, 0.2) is 54.6 Å². The smallest absolute Gasteiger partial charge is 0.0197 e. The lowest BCUT2D eigenvalue weighted by Gasteiger charge is -2.20. The molecule has 0 amide bonds. The van der Waals surface area contributed by atoms with Crippen LogP contribution in [0, 0.1) is 0 Å². The van der Waals surface area contributed by atoms with Gasteiger partial charge in [-0.3, -0.25) is 0 Å². The van der Waals surface area contributed by atoms with Crippen molar-refractivity contribution in [2.45, 2.75) is 12.6 Å². The normalized spacial score (nSPS) is 17.5. The molecule has 1 unspecified atom stereocenters. The van der Waals surface area contributed by atoms with Gasteiger partial charge in [0.25, 0.3) is 0 Å². The molecule has 1 aromatic rings. The highest BCUT2D eigenvalue weighted by Crippen LogP contribution is 2.42. The number of hydrogen-bond donors (Lipinski definition) is 0. The van der Waals surface area contributed by atoms with E-state index in [0.717, 1.165) is 0 Å². The van der Waals surface area contributed by atoms with Crippen LogP contribution in [0.25, 0.3) is 0 Å². The molecule has 0 saturated carbocycles. The van der Waals surface area contributed by atoms with Crippen molar-refractivity contribution < 1.29 is 0 Å². The maximum atomic E-state index is 2.32. The van der Waals surface area contributed by atoms with E-state index in [1.165, 1.54) is 11.5 Å². The van der Waals surface area contributed by atoms with Crippen LogP contribution in [0.2, 0.25) is 0 Å². The predicted octanol–water partition coefficient (Wildman–Crippen LogP) is 3.31. The van der Waals surface area contributed by atoms with Gasteiger partial charge in [-0.1, -0.05) is 69.5 Å². The molecule has 0 spiro atoms. The van der Waals surface area contributed by atoms with Crippen LogP contribution in [-0.4, -0.2) is 11.8 Å². The molecule has 0 heterocycles. The van der Waals surface area contributed by atoms with E-state index in [1.54, 1.807) is 0 Å². The summed E-state index contributed by atoms with van der Waals surface area (Å²) in [7, 11) is -0.0283. The molecule has 0 fully saturated rings. The van der Waals surface area contributed by atoms with Gasteiger partial charge in [-0.2, -0.15) is 0 Å². The van der Waals surface area contributed by atoms with E-state index in [1.807, 2.05) is 0 Å². The average molecular weight is 202 g/mol. The highest BCUT2D eigenvalue weighted by atomic mass is 31.1. The second kappa shape index (κ2) is 4.57. The largest absolute Gasteiger partial charge is 0.0730 e. The van der Waals surface area contributed by atoms with Crippen LogP contribution in [0.3, 0.4) is 0 Å². The van der Waals surface area contributed by atoms with E-state index in [0.29, 0.717) is 5.66 Å². The number of rotatable bonds is 3. The zero-order valence-electron chi connectivity index (χ0n) is 8.43. The Morgan fingerprint density at radius 2 is 1.71 bits per heavy atom. The van der Waals surface area contributed by atoms with Crippen molar-refractivity contribution in [2.24, 2.45) is 0 Å². The summed E-state index contributed by atoms with van der Waals surface area (Å²) in [6, 6.07) is 10.9. The van der Waals surface area contributed by atoms with Crippen LogP contribution in [0.5, 0.6) is 0 Å². The summed E-state index contributed by atoms with van der Waals surface area (Å²) in [4.78, 5) is 0. The van der Waals surface area contributed by atoms with Crippen LogP contribution in [0.4, 0.5) is 0 Å². The monoisotopic (exact) mass is 202 g/mol. The van der Waals surface area contributed by atoms with Crippen molar-refractivity contribution in [1.29, 1.82) is 0 Å². The van der Waals surface area contributed by atoms with Crippen molar-refractivity contribution in [3.63, 3.8) is 0 Å². The minimum Gasteiger partial charge on any atom is -0.0730 e. The summed E-state index contributed by atoms with van der Waals surface area (Å²) < 4.78 is 0. The van der Waals surface area contributed by atoms with Gasteiger partial charge in [-0.25, -0.2) is 0 Å². The van der Waals surface area contributed by atoms with E-state index in [4.69, 9.17) is 0 Å². The first-order valence-electron chi connectivity index (χ1n) is 5.08. The molecule has 0 nitrogen and oxygen atoms in total. The lowest BCUT2D eigenvalue weighted by atomic mass is 10.4. The highest BCUT2D eigenvalue weighted by molar-refractivity contribution is 7.66. The number of hydrogen-bond acceptors (Lipinski definition) is 0. The standard InChI is InChI=1S/C13H15P/c1-2-14(13-10-6-7-11-13)12-8-4-3-5-9-12/h3-11,13H,2H2,1H3. The van der Waals surface area contributed by atoms with Gasteiger partial charge in [0.2, 0.25) is 0 Å². The van der Waals surface area contributed by atoms with Crippen molar-refractivity contribution in [1.82, 2.24) is 0 Å². The first kappa shape index (κ1) is 9.68. The fourth-order valence-electron chi connectivity index (χ4n) is 1.81. The summed E-state index contributed by atoms with van der Waals surface area (Å²) in [6.45, 7) is 2.29. The fourth-order valence-corrected chi connectivity index (χ4v) is 4.11. The lowest BCUT2D eigenvalue weighted by Crippen LogP contribution is -2.10. The molecule has 72 valence electrons. The summed E-state index contributed by atoms with van der Waals surface area (Å²) in [6.07, 6.45) is 10.2. The van der Waals surface area contributed by atoms with Crippen molar-refractivity contribution in [3.05, 3.63) is 54.6 Å². The van der Waals surface area contributed by atoms with Gasteiger partial charge in [-0.05, 0) is 11.5 Å². The molecule has 1 aliphatic carbocycles. The van der Waals surface area contributed by atoms with E-state index in [9.17, 15) is 0 Å². The van der Waals surface area contributed by atoms with Gasteiger partial charge in [0, 0.05) is 5.66 Å². The zero-order chi connectivity index (χ0) is 9.80. The molecule has 0 bridgehead atoms. The van der Waals surface area contributed by atoms with Crippen molar-refractivity contribution >= 4 is 13.2 Å². The number of allylic oxidation sites excluding steroid dienone is 4. The van der Waals surface area contributed by atoms with Crippen molar-refractivity contribution in [2.75, 3.05) is 6.16 Å². The van der Waals surface area contributed by atoms with Gasteiger partial charge in [0.05, 0.1) is 0 Å². The predicted molar refractivity (Wildman–Crippen MR) is 65.6 cm³/mol. The quantitative estimate of drug-likeness (QED) is 0.660. The average Bonchev–Trinajstić information content (AvgIpc) is 2.74. The van der Waals surface area contributed by atoms with Gasteiger partial charge in [0.1, 0.15) is 0 Å². The second-order valence-electron chi connectivity index (χ2n) is 3.38. The van der Waals surface area contributed by atoms with E-state index in [-0.39, 0.29) is 7.92 Å². The molecule has 1 heteroatoms. The second-order valence-corrected chi connectivity index (χ2v) is 6.07. The molecule has 1 atom stereocenters. The van der Waals surface area contributed by atoms with Gasteiger partial charge in [0.15, 0.2) is 0 Å². The number of benzene rings is 1. The van der Waals surface area contributed by atoms with Gasteiger partial charge < -0.3 is 0 Å². The minimum atomic E-state index is -0.0283. The van der Waals surface area contributed by atoms with E-state index >= 15 is 0 Å². The Morgan fingerprint density at radius 1 is 1.07 bits per heavy atom. The molecule has 2 rings (SSSR count). The summed E-state index contributed by atoms with van der Waals surface area (Å²) in [5, 5.41) is 1.52. The molecular weight excluding hydrogens is 187 g/mol. The molecule has 1 aromatic carbocycles. The zero-order valence-corrected chi connectivity index (χ0v) is 9.32. The molecule has 0 saturated heterocycles. The molecule has 14 heavy (non-hydrogen) atoms. The molecular formula is C13H15P. The van der Waals surface area contributed by atoms with Crippen LogP contribution >= 0.6 is 7.92 Å². The lowest BCUT2D eigenvalue weighted by molar-refractivity contribution is 1.38. The van der Waals surface area contributed by atoms with Crippen LogP contribution in [0.1, 0.15) is 6.92 Å². The highest BCUT2D eigenvalue weighted by Gasteiger charge is 2.17. The first-order chi connectivity index (χ1) is 6.92. The topological polar surface area (TPSA) is 0 Å². The van der Waals surface area contributed by atoms with Crippen LogP contribution in [-0.2, 0) is 0 Å². The SMILES string of the molecule is CCP(c1ccccc1)C1C=CC=C1. The molecule has 0 aromatic heterocycles. The van der Waals surface area contributed by atoms with Gasteiger partial charge in [-0.15, -0.1) is 0 Å². The Balaban J connectivity index is 2.21. The van der Waals surface area contributed by atoms with Crippen molar-refractivity contribution in [3.8, 4) is 0 Å². The third-order valence-electron chi connectivity index (χ3n) is 2.52. The maximum absolute atomic E-state index is 2.32. The van der Waals surface area contributed by atoms with E-state index < -0.39 is 0 Å². The molecule has 0 radical (unpaired) electrons. The molecule has 0 aliphatic heterocycles. The maximum Gasteiger partial charge on any atom is 0.0197 e. The third kappa shape index (κ3) is 1.96. The van der Waals surface area contributed by atoms with Gasteiger partial charge >= 0.3 is 0 Å². The Labute approximate surface area is 87.1 Å².